The van der Waals surface area contributed by atoms with E-state index in [4.69, 9.17) is 0 Å². The molecule has 1 aromatic carbocycles. The molecule has 118 valence electrons. The Hall–Kier alpha value is -1.77. The minimum Gasteiger partial charge on any atom is -0.347 e. The zero-order chi connectivity index (χ0) is 15.4. The van der Waals surface area contributed by atoms with E-state index in [0.717, 1.165) is 6.54 Å². The number of para-hydroxylation sites is 1. The lowest BCUT2D eigenvalue weighted by Crippen LogP contribution is -2.37. The molecule has 2 aromatic rings. The monoisotopic (exact) mass is 298 g/mol. The van der Waals surface area contributed by atoms with Crippen molar-refractivity contribution < 1.29 is 4.79 Å². The zero-order valence-corrected chi connectivity index (χ0v) is 13.5. The molecule has 1 aromatic heterocycles. The molecule has 22 heavy (non-hydrogen) atoms. The third kappa shape index (κ3) is 3.34. The standard InChI is InChI=1S/C19H26N2O/c1-20(17-9-4-2-3-5-10-17)19(22)13-15-21-14-12-16-8-6-7-11-18(16)21/h6-8,11-12,14,17H,2-5,9-10,13,15H2,1H3. The normalized spacial score (nSPS) is 16.6. The number of hydrogen-bond donors (Lipinski definition) is 0. The smallest absolute Gasteiger partial charge is 0.224 e. The van der Waals surface area contributed by atoms with E-state index in [1.165, 1.54) is 49.4 Å². The SMILES string of the molecule is CN(C(=O)CCn1ccc2ccccc21)C1CCCCCC1. The topological polar surface area (TPSA) is 25.2 Å². The van der Waals surface area contributed by atoms with Gasteiger partial charge in [-0.25, -0.2) is 0 Å². The Bertz CT molecular complexity index is 623. The molecule has 1 aliphatic rings. The van der Waals surface area contributed by atoms with Crippen LogP contribution in [0.1, 0.15) is 44.9 Å². The summed E-state index contributed by atoms with van der Waals surface area (Å²) in [4.78, 5) is 14.5. The number of hydrogen-bond acceptors (Lipinski definition) is 1. The molecule has 0 N–H and O–H groups in total. The van der Waals surface area contributed by atoms with Gasteiger partial charge in [0.2, 0.25) is 5.91 Å². The highest BCUT2D eigenvalue weighted by atomic mass is 16.2. The van der Waals surface area contributed by atoms with E-state index in [2.05, 4.69) is 41.1 Å². The van der Waals surface area contributed by atoms with Crippen LogP contribution in [0.3, 0.4) is 0 Å². The molecule has 1 fully saturated rings. The van der Waals surface area contributed by atoms with Crippen molar-refractivity contribution in [2.45, 2.75) is 57.5 Å². The first-order valence-corrected chi connectivity index (χ1v) is 8.55. The van der Waals surface area contributed by atoms with Crippen LogP contribution in [0.15, 0.2) is 36.5 Å². The summed E-state index contributed by atoms with van der Waals surface area (Å²) in [5.41, 5.74) is 1.22. The first kappa shape index (κ1) is 15.1. The lowest BCUT2D eigenvalue weighted by atomic mass is 10.1. The summed E-state index contributed by atoms with van der Waals surface area (Å²) in [5, 5.41) is 1.24. The minimum atomic E-state index is 0.282. The van der Waals surface area contributed by atoms with Crippen LogP contribution in [-0.2, 0) is 11.3 Å². The van der Waals surface area contributed by atoms with Crippen molar-refractivity contribution in [1.82, 2.24) is 9.47 Å². The van der Waals surface area contributed by atoms with Crippen LogP contribution in [0.2, 0.25) is 0 Å². The second-order valence-electron chi connectivity index (χ2n) is 6.47. The number of nitrogens with zero attached hydrogens (tertiary/aromatic N) is 2. The third-order valence-electron chi connectivity index (χ3n) is 5.01. The molecule has 0 bridgehead atoms. The summed E-state index contributed by atoms with van der Waals surface area (Å²) in [6.07, 6.45) is 10.2. The van der Waals surface area contributed by atoms with Crippen LogP contribution in [-0.4, -0.2) is 28.5 Å². The van der Waals surface area contributed by atoms with Gasteiger partial charge >= 0.3 is 0 Å². The average Bonchev–Trinajstić information content (AvgIpc) is 2.77. The van der Waals surface area contributed by atoms with Crippen LogP contribution in [0.5, 0.6) is 0 Å². The zero-order valence-electron chi connectivity index (χ0n) is 13.5. The maximum Gasteiger partial charge on any atom is 0.224 e. The molecule has 3 heteroatoms. The van der Waals surface area contributed by atoms with Crippen LogP contribution >= 0.6 is 0 Å². The molecule has 3 rings (SSSR count). The Morgan fingerprint density at radius 1 is 1.14 bits per heavy atom. The van der Waals surface area contributed by atoms with E-state index in [1.54, 1.807) is 0 Å². The number of fused-ring (bicyclic) bond motifs is 1. The molecule has 0 atom stereocenters. The average molecular weight is 298 g/mol. The fraction of sp³-hybridized carbons (Fsp3) is 0.526. The van der Waals surface area contributed by atoms with Crippen molar-refractivity contribution in [3.63, 3.8) is 0 Å². The molecule has 1 aliphatic carbocycles. The summed E-state index contributed by atoms with van der Waals surface area (Å²) >= 11 is 0. The van der Waals surface area contributed by atoms with Gasteiger partial charge in [0.05, 0.1) is 0 Å². The lowest BCUT2D eigenvalue weighted by molar-refractivity contribution is -0.132. The third-order valence-corrected chi connectivity index (χ3v) is 5.01. The Balaban J connectivity index is 1.59. The second-order valence-corrected chi connectivity index (χ2v) is 6.47. The summed E-state index contributed by atoms with van der Waals surface area (Å²) in [5.74, 6) is 0.282. The lowest BCUT2D eigenvalue weighted by Gasteiger charge is -2.27. The van der Waals surface area contributed by atoms with Gasteiger partial charge in [-0.1, -0.05) is 43.9 Å². The molecule has 1 amide bonds. The molecule has 0 radical (unpaired) electrons. The maximum absolute atomic E-state index is 12.5. The molecule has 3 nitrogen and oxygen atoms in total. The Morgan fingerprint density at radius 2 is 1.86 bits per heavy atom. The molecule has 0 aliphatic heterocycles. The van der Waals surface area contributed by atoms with E-state index in [-0.39, 0.29) is 5.91 Å². The van der Waals surface area contributed by atoms with Crippen molar-refractivity contribution in [2.75, 3.05) is 7.05 Å². The van der Waals surface area contributed by atoms with Crippen molar-refractivity contribution in [1.29, 1.82) is 0 Å². The van der Waals surface area contributed by atoms with E-state index in [9.17, 15) is 4.79 Å². The molecular weight excluding hydrogens is 272 g/mol. The molecule has 0 saturated heterocycles. The van der Waals surface area contributed by atoms with Gasteiger partial charge < -0.3 is 9.47 Å². The molecule has 0 spiro atoms. The van der Waals surface area contributed by atoms with Crippen molar-refractivity contribution in [2.24, 2.45) is 0 Å². The van der Waals surface area contributed by atoms with Gasteiger partial charge in [-0.3, -0.25) is 4.79 Å². The van der Waals surface area contributed by atoms with Gasteiger partial charge in [-0.05, 0) is 30.4 Å². The number of benzene rings is 1. The van der Waals surface area contributed by atoms with E-state index < -0.39 is 0 Å². The minimum absolute atomic E-state index is 0.282. The highest BCUT2D eigenvalue weighted by molar-refractivity contribution is 5.80. The second kappa shape index (κ2) is 6.99. The van der Waals surface area contributed by atoms with E-state index in [1.807, 2.05) is 11.9 Å². The van der Waals surface area contributed by atoms with Gasteiger partial charge in [-0.2, -0.15) is 0 Å². The highest BCUT2D eigenvalue weighted by Gasteiger charge is 2.20. The Kier molecular flexibility index (Phi) is 4.81. The molecule has 1 saturated carbocycles. The number of rotatable bonds is 4. The van der Waals surface area contributed by atoms with Gasteiger partial charge in [0, 0.05) is 37.8 Å². The van der Waals surface area contributed by atoms with Crippen molar-refractivity contribution in [3.05, 3.63) is 36.5 Å². The van der Waals surface area contributed by atoms with Crippen LogP contribution in [0.25, 0.3) is 10.9 Å². The van der Waals surface area contributed by atoms with Crippen LogP contribution < -0.4 is 0 Å². The molecular formula is C19H26N2O. The fourth-order valence-corrected chi connectivity index (χ4v) is 3.58. The number of amides is 1. The van der Waals surface area contributed by atoms with Crippen molar-refractivity contribution in [3.8, 4) is 0 Å². The number of carbonyl (C=O) groups excluding carboxylic acids is 1. The first-order valence-electron chi connectivity index (χ1n) is 8.55. The maximum atomic E-state index is 12.5. The highest BCUT2D eigenvalue weighted by Crippen LogP contribution is 2.22. The predicted octanol–water partition coefficient (Wildman–Crippen LogP) is 4.21. The van der Waals surface area contributed by atoms with E-state index in [0.29, 0.717) is 12.5 Å². The largest absolute Gasteiger partial charge is 0.347 e. The number of aromatic nitrogens is 1. The Labute approximate surface area is 132 Å². The Morgan fingerprint density at radius 3 is 2.64 bits per heavy atom. The quantitative estimate of drug-likeness (QED) is 0.776. The van der Waals surface area contributed by atoms with Crippen molar-refractivity contribution >= 4 is 16.8 Å². The van der Waals surface area contributed by atoms with Gasteiger partial charge in [0.1, 0.15) is 0 Å². The van der Waals surface area contributed by atoms with E-state index >= 15 is 0 Å². The summed E-state index contributed by atoms with van der Waals surface area (Å²) in [6.45, 7) is 0.767. The predicted molar refractivity (Wildman–Crippen MR) is 90.8 cm³/mol. The summed E-state index contributed by atoms with van der Waals surface area (Å²) in [6, 6.07) is 10.9. The molecule has 1 heterocycles. The molecule has 0 unspecified atom stereocenters. The van der Waals surface area contributed by atoms with Gasteiger partial charge in [0.25, 0.3) is 0 Å². The van der Waals surface area contributed by atoms with Gasteiger partial charge in [0.15, 0.2) is 0 Å². The van der Waals surface area contributed by atoms with Gasteiger partial charge in [-0.15, -0.1) is 0 Å². The van der Waals surface area contributed by atoms with Crippen LogP contribution in [0, 0.1) is 0 Å². The first-order chi connectivity index (χ1) is 10.8. The summed E-state index contributed by atoms with van der Waals surface area (Å²) in [7, 11) is 1.99. The van der Waals surface area contributed by atoms with Crippen LogP contribution in [0.4, 0.5) is 0 Å². The number of aryl methyl sites for hydroxylation is 1. The summed E-state index contributed by atoms with van der Waals surface area (Å²) < 4.78 is 2.19. The fourth-order valence-electron chi connectivity index (χ4n) is 3.58. The number of carbonyl (C=O) groups is 1.